The zero-order valence-electron chi connectivity index (χ0n) is 3.46. The SMILES string of the molecule is CC1(Cl)C[C]1Cl. The molecule has 1 atom stereocenters. The van der Waals surface area contributed by atoms with Crippen molar-refractivity contribution in [3.63, 3.8) is 0 Å². The van der Waals surface area contributed by atoms with Crippen molar-refractivity contribution in [3.8, 4) is 0 Å². The molecule has 1 unspecified atom stereocenters. The van der Waals surface area contributed by atoms with Crippen LogP contribution in [0.15, 0.2) is 0 Å². The Morgan fingerprint density at radius 1 is 1.83 bits per heavy atom. The monoisotopic (exact) mass is 123 g/mol. The average Bonchev–Trinajstić information content (AvgIpc) is 1.73. The summed E-state index contributed by atoms with van der Waals surface area (Å²) in [4.78, 5) is -0.137. The minimum Gasteiger partial charge on any atom is -0.118 e. The molecule has 1 fully saturated rings. The third-order valence-electron chi connectivity index (χ3n) is 0.928. The Kier molecular flexibility index (Phi) is 0.825. The molecule has 1 aliphatic rings. The van der Waals surface area contributed by atoms with Crippen LogP contribution < -0.4 is 0 Å². The third kappa shape index (κ3) is 0.640. The van der Waals surface area contributed by atoms with Gasteiger partial charge in [-0.3, -0.25) is 0 Å². The number of rotatable bonds is 0. The van der Waals surface area contributed by atoms with Gasteiger partial charge in [-0.25, -0.2) is 0 Å². The van der Waals surface area contributed by atoms with E-state index in [1.54, 1.807) is 0 Å². The Morgan fingerprint density at radius 2 is 2.00 bits per heavy atom. The fourth-order valence-electron chi connectivity index (χ4n) is 0.247. The lowest BCUT2D eigenvalue weighted by molar-refractivity contribution is 1.06. The normalized spacial score (nSPS) is 46.5. The van der Waals surface area contributed by atoms with Crippen LogP contribution in [0.1, 0.15) is 13.3 Å². The quantitative estimate of drug-likeness (QED) is 0.434. The van der Waals surface area contributed by atoms with E-state index in [4.69, 9.17) is 23.2 Å². The first-order valence-electron chi connectivity index (χ1n) is 1.84. The zero-order chi connectivity index (χ0) is 4.78. The fraction of sp³-hybridized carbons (Fsp3) is 0.750. The van der Waals surface area contributed by atoms with E-state index >= 15 is 0 Å². The van der Waals surface area contributed by atoms with E-state index in [9.17, 15) is 0 Å². The Hall–Kier alpha value is 0.580. The minimum atomic E-state index is -0.137. The second-order valence-corrected chi connectivity index (χ2v) is 3.07. The van der Waals surface area contributed by atoms with Crippen molar-refractivity contribution >= 4 is 23.2 Å². The van der Waals surface area contributed by atoms with Crippen molar-refractivity contribution in [1.29, 1.82) is 0 Å². The summed E-state index contributed by atoms with van der Waals surface area (Å²) in [5, 5.41) is 0.893. The predicted octanol–water partition coefficient (Wildman–Crippen LogP) is 2.16. The van der Waals surface area contributed by atoms with E-state index in [1.807, 2.05) is 6.92 Å². The molecule has 1 saturated carbocycles. The van der Waals surface area contributed by atoms with Gasteiger partial charge in [0.1, 0.15) is 0 Å². The molecule has 6 heavy (non-hydrogen) atoms. The van der Waals surface area contributed by atoms with E-state index < -0.39 is 0 Å². The zero-order valence-corrected chi connectivity index (χ0v) is 4.97. The topological polar surface area (TPSA) is 0 Å². The molecular weight excluding hydrogens is 119 g/mol. The third-order valence-corrected chi connectivity index (χ3v) is 1.94. The molecule has 1 radical (unpaired) electrons. The maximum Gasteiger partial charge on any atom is 0.0861 e. The standard InChI is InChI=1S/C4H5Cl2/c1-4(6)2-3(4)5/h2H2,1H3. The van der Waals surface area contributed by atoms with Gasteiger partial charge in [-0.1, -0.05) is 0 Å². The summed E-state index contributed by atoms with van der Waals surface area (Å²) < 4.78 is 0. The maximum atomic E-state index is 5.62. The van der Waals surface area contributed by atoms with Crippen LogP contribution in [-0.4, -0.2) is 4.87 Å². The van der Waals surface area contributed by atoms with Crippen molar-refractivity contribution in [3.05, 3.63) is 5.38 Å². The minimum absolute atomic E-state index is 0.137. The van der Waals surface area contributed by atoms with Crippen LogP contribution in [0.5, 0.6) is 0 Å². The maximum absolute atomic E-state index is 5.62. The molecular formula is C4H5Cl2. The van der Waals surface area contributed by atoms with E-state index in [0.717, 1.165) is 11.8 Å². The molecule has 0 aromatic heterocycles. The molecule has 35 valence electrons. The predicted molar refractivity (Wildman–Crippen MR) is 28.0 cm³/mol. The molecule has 2 heteroatoms. The Balaban J connectivity index is 2.41. The van der Waals surface area contributed by atoms with E-state index in [2.05, 4.69) is 0 Å². The van der Waals surface area contributed by atoms with Crippen molar-refractivity contribution in [1.82, 2.24) is 0 Å². The highest BCUT2D eigenvalue weighted by Gasteiger charge is 2.48. The number of hydrogen-bond acceptors (Lipinski definition) is 0. The molecule has 0 amide bonds. The van der Waals surface area contributed by atoms with Crippen molar-refractivity contribution in [2.45, 2.75) is 18.2 Å². The van der Waals surface area contributed by atoms with Crippen LogP contribution in [0.3, 0.4) is 0 Å². The molecule has 1 rings (SSSR count). The van der Waals surface area contributed by atoms with E-state index in [1.165, 1.54) is 0 Å². The van der Waals surface area contributed by atoms with Gasteiger partial charge in [0.05, 0.1) is 10.3 Å². The van der Waals surface area contributed by atoms with Gasteiger partial charge in [-0.2, -0.15) is 0 Å². The second kappa shape index (κ2) is 1.05. The summed E-state index contributed by atoms with van der Waals surface area (Å²) in [5.41, 5.74) is 0. The first-order chi connectivity index (χ1) is 2.63. The Labute approximate surface area is 47.4 Å². The van der Waals surface area contributed by atoms with Gasteiger partial charge >= 0.3 is 0 Å². The van der Waals surface area contributed by atoms with Crippen LogP contribution in [0.25, 0.3) is 0 Å². The van der Waals surface area contributed by atoms with Gasteiger partial charge in [0.15, 0.2) is 0 Å². The van der Waals surface area contributed by atoms with Crippen LogP contribution in [0.2, 0.25) is 0 Å². The molecule has 0 nitrogen and oxygen atoms in total. The molecule has 0 bridgehead atoms. The van der Waals surface area contributed by atoms with Crippen LogP contribution in [0.4, 0.5) is 0 Å². The van der Waals surface area contributed by atoms with Crippen LogP contribution >= 0.6 is 23.2 Å². The first-order valence-corrected chi connectivity index (χ1v) is 2.59. The summed E-state index contributed by atoms with van der Waals surface area (Å²) in [7, 11) is 0. The summed E-state index contributed by atoms with van der Waals surface area (Å²) in [5.74, 6) is 0. The highest BCUT2D eigenvalue weighted by molar-refractivity contribution is 6.42. The molecule has 0 spiro atoms. The lowest BCUT2D eigenvalue weighted by Gasteiger charge is -1.86. The van der Waals surface area contributed by atoms with Gasteiger partial charge in [0, 0.05) is 0 Å². The molecule has 1 aliphatic carbocycles. The summed E-state index contributed by atoms with van der Waals surface area (Å²) >= 11 is 11.1. The molecule has 0 N–H and O–H groups in total. The molecule has 0 aliphatic heterocycles. The smallest absolute Gasteiger partial charge is 0.0861 e. The van der Waals surface area contributed by atoms with Gasteiger partial charge in [0.2, 0.25) is 0 Å². The lowest BCUT2D eigenvalue weighted by Crippen LogP contribution is -1.84. The molecule has 0 aromatic rings. The van der Waals surface area contributed by atoms with Gasteiger partial charge in [0.25, 0.3) is 0 Å². The van der Waals surface area contributed by atoms with E-state index in [0.29, 0.717) is 0 Å². The number of hydrogen-bond donors (Lipinski definition) is 0. The van der Waals surface area contributed by atoms with Crippen molar-refractivity contribution < 1.29 is 0 Å². The van der Waals surface area contributed by atoms with Crippen molar-refractivity contribution in [2.75, 3.05) is 0 Å². The van der Waals surface area contributed by atoms with Crippen LogP contribution in [0, 0.1) is 5.38 Å². The largest absolute Gasteiger partial charge is 0.118 e. The molecule has 0 heterocycles. The number of alkyl halides is 1. The summed E-state index contributed by atoms with van der Waals surface area (Å²) in [6.45, 7) is 1.91. The summed E-state index contributed by atoms with van der Waals surface area (Å²) in [6.07, 6.45) is 0.885. The second-order valence-electron chi connectivity index (χ2n) is 1.78. The molecule has 0 saturated heterocycles. The highest BCUT2D eigenvalue weighted by atomic mass is 35.5. The Bertz CT molecular complexity index is 67.9. The van der Waals surface area contributed by atoms with Gasteiger partial charge in [-0.15, -0.1) is 23.2 Å². The number of halogens is 2. The first kappa shape index (κ1) is 4.73. The van der Waals surface area contributed by atoms with Gasteiger partial charge < -0.3 is 0 Å². The Morgan fingerprint density at radius 3 is 2.00 bits per heavy atom. The summed E-state index contributed by atoms with van der Waals surface area (Å²) in [6, 6.07) is 0. The average molecular weight is 124 g/mol. The fourth-order valence-corrected chi connectivity index (χ4v) is 0.717. The van der Waals surface area contributed by atoms with Gasteiger partial charge in [-0.05, 0) is 13.3 Å². The highest BCUT2D eigenvalue weighted by Crippen LogP contribution is 2.53. The molecule has 0 aromatic carbocycles. The van der Waals surface area contributed by atoms with E-state index in [-0.39, 0.29) is 4.87 Å². The van der Waals surface area contributed by atoms with Crippen molar-refractivity contribution in [2.24, 2.45) is 0 Å². The lowest BCUT2D eigenvalue weighted by atomic mass is 10.5. The van der Waals surface area contributed by atoms with Crippen LogP contribution in [-0.2, 0) is 0 Å².